The van der Waals surface area contributed by atoms with Crippen molar-refractivity contribution in [3.8, 4) is 0 Å². The molecular weight excluding hydrogens is 265 g/mol. The van der Waals surface area contributed by atoms with Crippen LogP contribution in [0.5, 0.6) is 0 Å². The van der Waals surface area contributed by atoms with Gasteiger partial charge in [-0.15, -0.1) is 0 Å². The van der Waals surface area contributed by atoms with Crippen LogP contribution in [0.3, 0.4) is 0 Å². The summed E-state index contributed by atoms with van der Waals surface area (Å²) in [6.07, 6.45) is 0. The van der Waals surface area contributed by atoms with Crippen LogP contribution in [0.4, 0.5) is 8.78 Å². The molecule has 12 heavy (non-hydrogen) atoms. The van der Waals surface area contributed by atoms with Gasteiger partial charge in [0.25, 0.3) is 0 Å². The Morgan fingerprint density at radius 3 is 1.67 bits per heavy atom. The third-order valence-corrected chi connectivity index (χ3v) is 7.50. The summed E-state index contributed by atoms with van der Waals surface area (Å²) in [6.45, 7) is 0. The van der Waals surface area contributed by atoms with Gasteiger partial charge in [0.05, 0.1) is 0 Å². The van der Waals surface area contributed by atoms with Crippen molar-refractivity contribution in [1.29, 1.82) is 0 Å². The van der Waals surface area contributed by atoms with Crippen molar-refractivity contribution >= 4 is 22.0 Å². The number of benzene rings is 1. The van der Waals surface area contributed by atoms with Crippen LogP contribution in [0.1, 0.15) is 0 Å². The molecule has 0 heterocycles. The zero-order chi connectivity index (χ0) is 9.35. The van der Waals surface area contributed by atoms with Crippen LogP contribution in [0.25, 0.3) is 0 Å². The summed E-state index contributed by atoms with van der Waals surface area (Å²) in [6, 6.07) is 3.83. The molecule has 0 fully saturated rings. The van der Waals surface area contributed by atoms with Gasteiger partial charge in [0, 0.05) is 0 Å². The zero-order valence-corrected chi connectivity index (χ0v) is 10.3. The van der Waals surface area contributed by atoms with E-state index in [2.05, 4.69) is 14.8 Å². The van der Waals surface area contributed by atoms with Crippen LogP contribution in [0.2, 0.25) is 14.8 Å². The van der Waals surface area contributed by atoms with E-state index in [4.69, 9.17) is 0 Å². The number of hydrogen-bond acceptors (Lipinski definition) is 0. The minimum absolute atomic E-state index is 0.461. The van der Waals surface area contributed by atoms with Gasteiger partial charge in [-0.25, -0.2) is 0 Å². The second-order valence-corrected chi connectivity index (χ2v) is 18.4. The van der Waals surface area contributed by atoms with Crippen molar-refractivity contribution < 1.29 is 8.78 Å². The molecule has 0 saturated carbocycles. The van der Waals surface area contributed by atoms with E-state index in [0.29, 0.717) is 0 Å². The molecule has 0 aliphatic carbocycles. The molecule has 1 rings (SSSR count). The molecule has 0 unspecified atom stereocenters. The molecule has 0 aliphatic heterocycles. The molecule has 0 aliphatic rings. The Balaban J connectivity index is 3.18. The molecule has 1 aromatic carbocycles. The molecule has 0 saturated heterocycles. The van der Waals surface area contributed by atoms with Crippen LogP contribution in [0.15, 0.2) is 18.2 Å². The van der Waals surface area contributed by atoms with Crippen molar-refractivity contribution in [2.45, 2.75) is 14.8 Å². The van der Waals surface area contributed by atoms with Crippen molar-refractivity contribution in [2.24, 2.45) is 0 Å². The fourth-order valence-corrected chi connectivity index (χ4v) is 4.25. The van der Waals surface area contributed by atoms with E-state index >= 15 is 0 Å². The third kappa shape index (κ3) is 2.44. The van der Waals surface area contributed by atoms with E-state index in [1.165, 1.54) is 12.1 Å². The van der Waals surface area contributed by atoms with Gasteiger partial charge in [-0.05, 0) is 0 Å². The Labute approximate surface area is 75.5 Å². The van der Waals surface area contributed by atoms with Gasteiger partial charge >= 0.3 is 75.4 Å². The maximum atomic E-state index is 12.8. The average Bonchev–Trinajstić information content (AvgIpc) is 1.82. The molecule has 3 heteroatoms. The van der Waals surface area contributed by atoms with Gasteiger partial charge in [-0.3, -0.25) is 0 Å². The van der Waals surface area contributed by atoms with Crippen LogP contribution in [0, 0.1) is 11.6 Å². The second-order valence-electron chi connectivity index (χ2n) is 3.91. The average molecular weight is 277 g/mol. The fraction of sp³-hybridized carbons (Fsp3) is 0.333. The summed E-state index contributed by atoms with van der Waals surface area (Å²) in [5.74, 6) is -0.923. The van der Waals surface area contributed by atoms with Gasteiger partial charge in [-0.2, -0.15) is 0 Å². The Hall–Kier alpha value is -0.121. The third-order valence-electron chi connectivity index (χ3n) is 1.73. The number of halogens is 2. The van der Waals surface area contributed by atoms with Crippen molar-refractivity contribution in [2.75, 3.05) is 0 Å². The minimum atomic E-state index is -2.28. The van der Waals surface area contributed by atoms with E-state index in [9.17, 15) is 8.78 Å². The molecule has 0 aromatic heterocycles. The Morgan fingerprint density at radius 1 is 0.917 bits per heavy atom. The molecule has 0 spiro atoms. The number of hydrogen-bond donors (Lipinski definition) is 0. The van der Waals surface area contributed by atoms with Crippen molar-refractivity contribution in [3.05, 3.63) is 29.8 Å². The first-order valence-corrected chi connectivity index (χ1v) is 13.8. The standard InChI is InChI=1S/C6H3F2.3CH3.Sn/c7-5-2-1-3-6(8)4-5;;;;/h2-4H;3*1H3;. The van der Waals surface area contributed by atoms with Gasteiger partial charge < -0.3 is 0 Å². The monoisotopic (exact) mass is 278 g/mol. The Bertz CT molecular complexity index is 269. The summed E-state index contributed by atoms with van der Waals surface area (Å²) >= 11 is -2.28. The molecule has 0 N–H and O–H groups in total. The topological polar surface area (TPSA) is 0 Å². The van der Waals surface area contributed by atoms with E-state index in [1.807, 2.05) is 0 Å². The molecule has 0 radical (unpaired) electrons. The summed E-state index contributed by atoms with van der Waals surface area (Å²) < 4.78 is 26.4. The number of rotatable bonds is 1. The molecule has 1 aromatic rings. The SMILES string of the molecule is [CH3][Sn]([CH3])([CH3])[c]1cc(F)cc(F)c1. The van der Waals surface area contributed by atoms with Crippen molar-refractivity contribution in [3.63, 3.8) is 0 Å². The van der Waals surface area contributed by atoms with Crippen LogP contribution >= 0.6 is 0 Å². The van der Waals surface area contributed by atoms with Gasteiger partial charge in [0.15, 0.2) is 0 Å². The molecule has 0 amide bonds. The van der Waals surface area contributed by atoms with Gasteiger partial charge in [0.2, 0.25) is 0 Å². The zero-order valence-electron chi connectivity index (χ0n) is 7.49. The van der Waals surface area contributed by atoms with Gasteiger partial charge in [0.1, 0.15) is 0 Å². The van der Waals surface area contributed by atoms with E-state index in [-0.39, 0.29) is 0 Å². The summed E-state index contributed by atoms with van der Waals surface area (Å²) in [5.41, 5.74) is 0. The second kappa shape index (κ2) is 3.32. The Kier molecular flexibility index (Phi) is 2.76. The van der Waals surface area contributed by atoms with E-state index < -0.39 is 30.0 Å². The summed E-state index contributed by atoms with van der Waals surface area (Å²) in [5, 5.41) is 0. The van der Waals surface area contributed by atoms with Crippen LogP contribution in [-0.4, -0.2) is 18.4 Å². The van der Waals surface area contributed by atoms with E-state index in [1.54, 1.807) is 0 Å². The fourth-order valence-electron chi connectivity index (χ4n) is 0.987. The van der Waals surface area contributed by atoms with Crippen LogP contribution in [-0.2, 0) is 0 Å². The van der Waals surface area contributed by atoms with Crippen molar-refractivity contribution in [1.82, 2.24) is 0 Å². The predicted octanol–water partition coefficient (Wildman–Crippen LogP) is 2.51. The molecule has 0 atom stereocenters. The molecule has 0 nitrogen and oxygen atoms in total. The first-order chi connectivity index (χ1) is 5.39. The van der Waals surface area contributed by atoms with Crippen LogP contribution < -0.4 is 3.58 Å². The maximum absolute atomic E-state index is 12.8. The quantitative estimate of drug-likeness (QED) is 0.692. The molecular formula is C9H12F2Sn. The van der Waals surface area contributed by atoms with Gasteiger partial charge in [-0.1, -0.05) is 0 Å². The first kappa shape index (κ1) is 9.96. The normalized spacial score (nSPS) is 11.8. The molecule has 66 valence electrons. The first-order valence-electron chi connectivity index (χ1n) is 3.86. The Morgan fingerprint density at radius 2 is 1.33 bits per heavy atom. The summed E-state index contributed by atoms with van der Waals surface area (Å²) in [7, 11) is 0. The predicted molar refractivity (Wildman–Crippen MR) is 49.3 cm³/mol. The van der Waals surface area contributed by atoms with E-state index in [0.717, 1.165) is 9.65 Å². The molecule has 0 bridgehead atoms. The summed E-state index contributed by atoms with van der Waals surface area (Å²) in [4.78, 5) is 6.38.